The maximum atomic E-state index is 13.7. The van der Waals surface area contributed by atoms with Gasteiger partial charge in [-0.3, -0.25) is 0 Å². The highest BCUT2D eigenvalue weighted by atomic mass is 19.1. The Morgan fingerprint density at radius 3 is 2.76 bits per heavy atom. The zero-order chi connectivity index (χ0) is 15.4. The molecule has 0 radical (unpaired) electrons. The summed E-state index contributed by atoms with van der Waals surface area (Å²) in [6.07, 6.45) is 1.15. The van der Waals surface area contributed by atoms with Gasteiger partial charge in [-0.05, 0) is 58.9 Å². The summed E-state index contributed by atoms with van der Waals surface area (Å²) in [5, 5.41) is 3.35. The number of rotatable bonds is 4. The average molecular weight is 295 g/mol. The molecule has 1 aliphatic rings. The number of ether oxygens (including phenoxy) is 1. The van der Waals surface area contributed by atoms with Crippen molar-refractivity contribution in [3.8, 4) is 5.75 Å². The summed E-state index contributed by atoms with van der Waals surface area (Å²) >= 11 is 0. The van der Waals surface area contributed by atoms with Gasteiger partial charge in [0, 0.05) is 18.2 Å². The predicted molar refractivity (Wildman–Crippen MR) is 83.3 cm³/mol. The van der Waals surface area contributed by atoms with Gasteiger partial charge in [-0.25, -0.2) is 4.39 Å². The third-order valence-corrected chi connectivity index (χ3v) is 4.34. The van der Waals surface area contributed by atoms with E-state index in [1.165, 1.54) is 6.07 Å². The molecule has 1 heterocycles. The summed E-state index contributed by atoms with van der Waals surface area (Å²) in [4.78, 5) is 4.69. The van der Waals surface area contributed by atoms with Gasteiger partial charge in [0.1, 0.15) is 11.6 Å². The minimum absolute atomic E-state index is 0.0289. The Bertz CT molecular complexity index is 469. The van der Waals surface area contributed by atoms with Gasteiger partial charge in [0.05, 0.1) is 13.2 Å². The normalized spacial score (nSPS) is 22.8. The van der Waals surface area contributed by atoms with E-state index in [0.29, 0.717) is 0 Å². The number of benzene rings is 1. The largest absolute Gasteiger partial charge is 0.496 e. The van der Waals surface area contributed by atoms with E-state index in [2.05, 4.69) is 29.2 Å². The topological polar surface area (TPSA) is 27.7 Å². The van der Waals surface area contributed by atoms with Crippen LogP contribution in [0.5, 0.6) is 5.75 Å². The van der Waals surface area contributed by atoms with Crippen LogP contribution in [-0.4, -0.2) is 63.7 Å². The Hall–Kier alpha value is -1.17. The molecule has 0 bridgehead atoms. The summed E-state index contributed by atoms with van der Waals surface area (Å²) in [7, 11) is 7.84. The monoisotopic (exact) mass is 295 g/mol. The van der Waals surface area contributed by atoms with Crippen LogP contribution in [0.3, 0.4) is 0 Å². The number of likely N-dealkylation sites (N-methyl/N-ethyl adjacent to an activating group) is 3. The Kier molecular flexibility index (Phi) is 5.56. The van der Waals surface area contributed by atoms with Gasteiger partial charge < -0.3 is 19.9 Å². The molecule has 1 aromatic rings. The lowest BCUT2D eigenvalue weighted by molar-refractivity contribution is 0.180. The third-order valence-electron chi connectivity index (χ3n) is 4.34. The molecule has 1 aliphatic heterocycles. The molecule has 0 saturated carbocycles. The first kappa shape index (κ1) is 16.2. The number of hydrogen-bond acceptors (Lipinski definition) is 4. The van der Waals surface area contributed by atoms with Crippen LogP contribution in [0.1, 0.15) is 18.0 Å². The Labute approximate surface area is 126 Å². The molecule has 1 saturated heterocycles. The van der Waals surface area contributed by atoms with E-state index in [1.54, 1.807) is 19.2 Å². The van der Waals surface area contributed by atoms with Gasteiger partial charge in [0.2, 0.25) is 0 Å². The summed E-state index contributed by atoms with van der Waals surface area (Å²) in [5.41, 5.74) is 0.882. The number of methoxy groups -OCH3 is 1. The van der Waals surface area contributed by atoms with Crippen molar-refractivity contribution in [3.05, 3.63) is 29.6 Å². The fourth-order valence-corrected chi connectivity index (χ4v) is 3.17. The second-order valence-electron chi connectivity index (χ2n) is 5.82. The first-order valence-electron chi connectivity index (χ1n) is 7.46. The van der Waals surface area contributed by atoms with E-state index in [4.69, 9.17) is 4.74 Å². The van der Waals surface area contributed by atoms with Gasteiger partial charge in [-0.2, -0.15) is 0 Å². The molecular formula is C16H26FN3O. The second-order valence-corrected chi connectivity index (χ2v) is 5.82. The molecule has 1 fully saturated rings. The van der Waals surface area contributed by atoms with Crippen molar-refractivity contribution >= 4 is 0 Å². The molecule has 0 aliphatic carbocycles. The van der Waals surface area contributed by atoms with E-state index < -0.39 is 0 Å². The van der Waals surface area contributed by atoms with Gasteiger partial charge in [-0.1, -0.05) is 0 Å². The summed E-state index contributed by atoms with van der Waals surface area (Å²) in [5.74, 6) is 0.506. The minimum atomic E-state index is -0.226. The van der Waals surface area contributed by atoms with Crippen molar-refractivity contribution in [1.82, 2.24) is 15.1 Å². The molecule has 2 rings (SSSR count). The van der Waals surface area contributed by atoms with Crippen molar-refractivity contribution in [3.63, 3.8) is 0 Å². The van der Waals surface area contributed by atoms with E-state index in [-0.39, 0.29) is 17.9 Å². The molecular weight excluding hydrogens is 269 g/mol. The molecule has 2 unspecified atom stereocenters. The number of halogens is 1. The number of nitrogens with zero attached hydrogens (tertiary/aromatic N) is 2. The predicted octanol–water partition coefficient (Wildman–Crippen LogP) is 1.73. The van der Waals surface area contributed by atoms with Crippen molar-refractivity contribution in [1.29, 1.82) is 0 Å². The SMILES string of the molecule is CNC(c1cc(F)ccc1OC)C1CN(C)CCCN1C. The first-order chi connectivity index (χ1) is 10.1. The number of nitrogens with one attached hydrogen (secondary N) is 1. The average Bonchev–Trinajstić information content (AvgIpc) is 2.62. The lowest BCUT2D eigenvalue weighted by atomic mass is 9.97. The molecule has 0 spiro atoms. The molecule has 0 aromatic heterocycles. The van der Waals surface area contributed by atoms with E-state index in [9.17, 15) is 4.39 Å². The van der Waals surface area contributed by atoms with Crippen molar-refractivity contribution in [2.75, 3.05) is 47.9 Å². The molecule has 5 heteroatoms. The Morgan fingerprint density at radius 2 is 2.10 bits per heavy atom. The van der Waals surface area contributed by atoms with Crippen LogP contribution in [0.2, 0.25) is 0 Å². The Balaban J connectivity index is 2.35. The molecule has 1 N–H and O–H groups in total. The molecule has 4 nitrogen and oxygen atoms in total. The Morgan fingerprint density at radius 1 is 1.33 bits per heavy atom. The van der Waals surface area contributed by atoms with Crippen LogP contribution in [0.25, 0.3) is 0 Å². The fourth-order valence-electron chi connectivity index (χ4n) is 3.17. The quantitative estimate of drug-likeness (QED) is 0.915. The fraction of sp³-hybridized carbons (Fsp3) is 0.625. The van der Waals surface area contributed by atoms with Crippen LogP contribution in [-0.2, 0) is 0 Å². The highest BCUT2D eigenvalue weighted by Crippen LogP contribution is 2.30. The highest BCUT2D eigenvalue weighted by molar-refractivity contribution is 5.37. The van der Waals surface area contributed by atoms with Crippen molar-refractivity contribution in [2.24, 2.45) is 0 Å². The summed E-state index contributed by atoms with van der Waals surface area (Å²) in [6.45, 7) is 3.09. The molecule has 2 atom stereocenters. The maximum Gasteiger partial charge on any atom is 0.123 e. The van der Waals surface area contributed by atoms with E-state index in [0.717, 1.165) is 37.4 Å². The lowest BCUT2D eigenvalue weighted by Gasteiger charge is -2.35. The minimum Gasteiger partial charge on any atom is -0.496 e. The van der Waals surface area contributed by atoms with Gasteiger partial charge in [-0.15, -0.1) is 0 Å². The lowest BCUT2D eigenvalue weighted by Crippen LogP contribution is -2.46. The van der Waals surface area contributed by atoms with E-state index in [1.807, 2.05) is 7.05 Å². The van der Waals surface area contributed by atoms with Crippen molar-refractivity contribution in [2.45, 2.75) is 18.5 Å². The van der Waals surface area contributed by atoms with Gasteiger partial charge >= 0.3 is 0 Å². The molecule has 1 aromatic carbocycles. The van der Waals surface area contributed by atoms with Crippen molar-refractivity contribution < 1.29 is 9.13 Å². The van der Waals surface area contributed by atoms with Crippen LogP contribution in [0.4, 0.5) is 4.39 Å². The zero-order valence-electron chi connectivity index (χ0n) is 13.4. The summed E-state index contributed by atoms with van der Waals surface area (Å²) in [6, 6.07) is 5.03. The first-order valence-corrected chi connectivity index (χ1v) is 7.46. The van der Waals surface area contributed by atoms with E-state index >= 15 is 0 Å². The van der Waals surface area contributed by atoms with Crippen LogP contribution < -0.4 is 10.1 Å². The molecule has 21 heavy (non-hydrogen) atoms. The molecule has 118 valence electrons. The highest BCUT2D eigenvalue weighted by Gasteiger charge is 2.30. The smallest absolute Gasteiger partial charge is 0.123 e. The number of hydrogen-bond donors (Lipinski definition) is 1. The zero-order valence-corrected chi connectivity index (χ0v) is 13.4. The standard InChI is InChI=1S/C16H26FN3O/c1-18-16(13-10-12(17)6-7-15(13)21-4)14-11-19(2)8-5-9-20(14)3/h6-7,10,14,16,18H,5,8-9,11H2,1-4H3. The van der Waals surface area contributed by atoms with Crippen LogP contribution in [0, 0.1) is 5.82 Å². The second kappa shape index (κ2) is 7.20. The van der Waals surface area contributed by atoms with Crippen LogP contribution >= 0.6 is 0 Å². The maximum absolute atomic E-state index is 13.7. The van der Waals surface area contributed by atoms with Gasteiger partial charge in [0.15, 0.2) is 0 Å². The third kappa shape index (κ3) is 3.73. The van der Waals surface area contributed by atoms with Gasteiger partial charge in [0.25, 0.3) is 0 Å². The summed E-state index contributed by atoms with van der Waals surface area (Å²) < 4.78 is 19.1. The molecule has 0 amide bonds. The van der Waals surface area contributed by atoms with Crippen LogP contribution in [0.15, 0.2) is 18.2 Å².